The Morgan fingerprint density at radius 2 is 2.13 bits per heavy atom. The van der Waals surface area contributed by atoms with Gasteiger partial charge < -0.3 is 4.48 Å². The second-order valence-corrected chi connectivity index (χ2v) is 6.16. The van der Waals surface area contributed by atoms with Crippen LogP contribution in [0.4, 0.5) is 0 Å². The number of likely N-dealkylation sites (tertiary alicyclic amines) is 1. The van der Waals surface area contributed by atoms with Crippen molar-refractivity contribution in [3.63, 3.8) is 0 Å². The van der Waals surface area contributed by atoms with Gasteiger partial charge in [-0.2, -0.15) is 0 Å². The summed E-state index contributed by atoms with van der Waals surface area (Å²) < 4.78 is 1.29. The molecule has 2 aliphatic rings. The number of halogens is 1. The predicted molar refractivity (Wildman–Crippen MR) is 65.8 cm³/mol. The molecule has 15 heavy (non-hydrogen) atoms. The molecule has 86 valence electrons. The molecule has 1 nitrogen and oxygen atoms in total. The Labute approximate surface area is 98.7 Å². The van der Waals surface area contributed by atoms with Crippen molar-refractivity contribution in [3.05, 3.63) is 11.1 Å². The number of rotatable bonds is 3. The van der Waals surface area contributed by atoms with Gasteiger partial charge in [-0.05, 0) is 19.3 Å². The lowest BCUT2D eigenvalue weighted by molar-refractivity contribution is -0.900. The maximum atomic E-state index is 6.13. The van der Waals surface area contributed by atoms with E-state index in [9.17, 15) is 0 Å². The van der Waals surface area contributed by atoms with E-state index < -0.39 is 0 Å². The minimum Gasteiger partial charge on any atom is -0.326 e. The van der Waals surface area contributed by atoms with Crippen LogP contribution in [0.3, 0.4) is 0 Å². The van der Waals surface area contributed by atoms with Crippen molar-refractivity contribution in [1.29, 1.82) is 0 Å². The molecule has 0 N–H and O–H groups in total. The van der Waals surface area contributed by atoms with Crippen molar-refractivity contribution in [2.45, 2.75) is 32.6 Å². The second-order valence-electron chi connectivity index (χ2n) is 5.67. The maximum Gasteiger partial charge on any atom is 0.0821 e. The predicted octanol–water partition coefficient (Wildman–Crippen LogP) is 3.40. The molecule has 0 spiro atoms. The van der Waals surface area contributed by atoms with Gasteiger partial charge in [-0.25, -0.2) is 0 Å². The van der Waals surface area contributed by atoms with E-state index in [1.807, 2.05) is 0 Å². The molecule has 0 saturated carbocycles. The van der Waals surface area contributed by atoms with E-state index in [0.717, 1.165) is 23.3 Å². The first kappa shape index (κ1) is 11.5. The van der Waals surface area contributed by atoms with Crippen LogP contribution in [0.15, 0.2) is 11.1 Å². The fraction of sp³-hybridized carbons (Fsp3) is 0.846. The highest BCUT2D eigenvalue weighted by atomic mass is 35.5. The van der Waals surface area contributed by atoms with Gasteiger partial charge in [0.1, 0.15) is 0 Å². The van der Waals surface area contributed by atoms with Crippen molar-refractivity contribution >= 4 is 11.6 Å². The smallest absolute Gasteiger partial charge is 0.0821 e. The third-order valence-corrected chi connectivity index (χ3v) is 4.48. The summed E-state index contributed by atoms with van der Waals surface area (Å²) in [6.07, 6.45) is 7.31. The highest BCUT2D eigenvalue weighted by Gasteiger charge is 2.42. The van der Waals surface area contributed by atoms with Crippen molar-refractivity contribution in [2.75, 3.05) is 26.7 Å². The van der Waals surface area contributed by atoms with Crippen LogP contribution in [-0.2, 0) is 0 Å². The van der Waals surface area contributed by atoms with Crippen LogP contribution in [0, 0.1) is 11.8 Å². The van der Waals surface area contributed by atoms with Crippen LogP contribution >= 0.6 is 11.6 Å². The first-order valence-corrected chi connectivity index (χ1v) is 6.69. The van der Waals surface area contributed by atoms with Crippen LogP contribution < -0.4 is 0 Å². The first-order valence-electron chi connectivity index (χ1n) is 6.31. The quantitative estimate of drug-likeness (QED) is 0.650. The lowest BCUT2D eigenvalue weighted by Crippen LogP contribution is -2.42. The standard InChI is InChI=1S/C13H23ClN/c1-3-4-7-15(2)9-11-5-6-13(14)8-12(11)10-15/h6,11-12H,3-5,7-10H2,1-2H3/q+1/t11-,12-,15+/m0/s1. The molecule has 3 atom stereocenters. The van der Waals surface area contributed by atoms with E-state index in [2.05, 4.69) is 20.0 Å². The van der Waals surface area contributed by atoms with Crippen LogP contribution in [0.25, 0.3) is 0 Å². The van der Waals surface area contributed by atoms with E-state index >= 15 is 0 Å². The zero-order chi connectivity index (χ0) is 10.9. The molecule has 1 heterocycles. The molecule has 2 heteroatoms. The molecule has 1 aliphatic carbocycles. The number of nitrogens with zero attached hydrogens (tertiary/aromatic N) is 1. The lowest BCUT2D eigenvalue weighted by Gasteiger charge is -2.29. The monoisotopic (exact) mass is 228 g/mol. The molecule has 0 aromatic carbocycles. The molecular weight excluding hydrogens is 206 g/mol. The van der Waals surface area contributed by atoms with E-state index in [1.54, 1.807) is 0 Å². The molecule has 1 saturated heterocycles. The Kier molecular flexibility index (Phi) is 3.42. The van der Waals surface area contributed by atoms with E-state index in [-0.39, 0.29) is 0 Å². The van der Waals surface area contributed by atoms with Crippen LogP contribution in [0.2, 0.25) is 0 Å². The number of quaternary nitrogens is 1. The molecule has 1 fully saturated rings. The Morgan fingerprint density at radius 3 is 2.87 bits per heavy atom. The maximum absolute atomic E-state index is 6.13. The summed E-state index contributed by atoms with van der Waals surface area (Å²) >= 11 is 6.13. The molecule has 0 aromatic heterocycles. The SMILES string of the molecule is CCCC[N@+]1(C)C[C@@H]2CC=C(Cl)C[C@H]2C1. The molecule has 2 rings (SSSR count). The van der Waals surface area contributed by atoms with Gasteiger partial charge in [0.15, 0.2) is 0 Å². The Bertz CT molecular complexity index is 261. The van der Waals surface area contributed by atoms with Gasteiger partial charge in [0.05, 0.1) is 26.7 Å². The average molecular weight is 229 g/mol. The summed E-state index contributed by atoms with van der Waals surface area (Å²) in [4.78, 5) is 0. The summed E-state index contributed by atoms with van der Waals surface area (Å²) in [7, 11) is 2.43. The zero-order valence-electron chi connectivity index (χ0n) is 10.0. The van der Waals surface area contributed by atoms with Crippen molar-refractivity contribution < 1.29 is 4.48 Å². The minimum atomic E-state index is 0.865. The highest BCUT2D eigenvalue weighted by Crippen LogP contribution is 2.39. The lowest BCUT2D eigenvalue weighted by atomic mass is 9.86. The van der Waals surface area contributed by atoms with Crippen LogP contribution in [0.1, 0.15) is 32.6 Å². The van der Waals surface area contributed by atoms with Crippen molar-refractivity contribution in [1.82, 2.24) is 0 Å². The molecule has 0 radical (unpaired) electrons. The largest absolute Gasteiger partial charge is 0.326 e. The van der Waals surface area contributed by atoms with Gasteiger partial charge in [0, 0.05) is 16.9 Å². The molecule has 0 unspecified atom stereocenters. The average Bonchev–Trinajstić information content (AvgIpc) is 2.51. The molecular formula is C13H23ClN+. The van der Waals surface area contributed by atoms with Gasteiger partial charge >= 0.3 is 0 Å². The highest BCUT2D eigenvalue weighted by molar-refractivity contribution is 6.29. The summed E-state index contributed by atoms with van der Waals surface area (Å²) in [6.45, 7) is 6.38. The van der Waals surface area contributed by atoms with Gasteiger partial charge in [-0.1, -0.05) is 31.0 Å². The van der Waals surface area contributed by atoms with E-state index in [0.29, 0.717) is 0 Å². The molecule has 0 bridgehead atoms. The molecule has 0 amide bonds. The Balaban J connectivity index is 1.95. The fourth-order valence-electron chi connectivity index (χ4n) is 3.34. The van der Waals surface area contributed by atoms with Crippen molar-refractivity contribution in [2.24, 2.45) is 11.8 Å². The number of fused-ring (bicyclic) bond motifs is 1. The first-order chi connectivity index (χ1) is 7.13. The molecule has 1 aliphatic heterocycles. The zero-order valence-corrected chi connectivity index (χ0v) is 10.8. The Hall–Kier alpha value is -0.0100. The van der Waals surface area contributed by atoms with Crippen LogP contribution in [0.5, 0.6) is 0 Å². The number of allylic oxidation sites excluding steroid dienone is 2. The van der Waals surface area contributed by atoms with E-state index in [4.69, 9.17) is 11.6 Å². The Morgan fingerprint density at radius 1 is 1.40 bits per heavy atom. The van der Waals surface area contributed by atoms with Gasteiger partial charge in [-0.15, -0.1) is 0 Å². The number of unbranched alkanes of at least 4 members (excludes halogenated alkanes) is 1. The fourth-order valence-corrected chi connectivity index (χ4v) is 3.63. The normalized spacial score (nSPS) is 40.1. The van der Waals surface area contributed by atoms with Gasteiger partial charge in [-0.3, -0.25) is 0 Å². The van der Waals surface area contributed by atoms with Crippen LogP contribution in [-0.4, -0.2) is 31.2 Å². The molecule has 0 aromatic rings. The summed E-state index contributed by atoms with van der Waals surface area (Å²) in [6, 6.07) is 0. The number of hydrogen-bond donors (Lipinski definition) is 0. The third kappa shape index (κ3) is 2.57. The summed E-state index contributed by atoms with van der Waals surface area (Å²) in [5.74, 6) is 1.78. The van der Waals surface area contributed by atoms with E-state index in [1.165, 1.54) is 43.4 Å². The third-order valence-electron chi connectivity index (χ3n) is 4.17. The van der Waals surface area contributed by atoms with Gasteiger partial charge in [0.2, 0.25) is 0 Å². The summed E-state index contributed by atoms with van der Waals surface area (Å²) in [5, 5.41) is 1.11. The minimum absolute atomic E-state index is 0.865. The number of hydrogen-bond acceptors (Lipinski definition) is 0. The van der Waals surface area contributed by atoms with Gasteiger partial charge in [0.25, 0.3) is 0 Å². The topological polar surface area (TPSA) is 0 Å². The van der Waals surface area contributed by atoms with Crippen molar-refractivity contribution in [3.8, 4) is 0 Å². The summed E-state index contributed by atoms with van der Waals surface area (Å²) in [5.41, 5.74) is 0. The second kappa shape index (κ2) is 4.47.